The number of carbonyl (C=O) groups excluding carboxylic acids is 1. The van der Waals surface area contributed by atoms with Crippen molar-refractivity contribution in [3.63, 3.8) is 0 Å². The summed E-state index contributed by atoms with van der Waals surface area (Å²) in [5.74, 6) is -1.45. The summed E-state index contributed by atoms with van der Waals surface area (Å²) in [4.78, 5) is 12.7. The lowest BCUT2D eigenvalue weighted by Gasteiger charge is -2.49. The summed E-state index contributed by atoms with van der Waals surface area (Å²) < 4.78 is 46.1. The maximum atomic E-state index is 12.7. The van der Waals surface area contributed by atoms with E-state index in [0.717, 1.165) is 22.3 Å². The molecule has 12 heteroatoms. The van der Waals surface area contributed by atoms with Gasteiger partial charge in [-0.3, -0.25) is 4.79 Å². The molecule has 3 heterocycles. The van der Waals surface area contributed by atoms with Gasteiger partial charge >= 0.3 is 0 Å². The van der Waals surface area contributed by atoms with Crippen molar-refractivity contribution in [2.45, 2.75) is 127 Å². The molecule has 0 radical (unpaired) electrons. The Bertz CT molecular complexity index is 1880. The second-order valence-corrected chi connectivity index (χ2v) is 16.5. The van der Waals surface area contributed by atoms with Crippen molar-refractivity contribution in [2.75, 3.05) is 13.2 Å². The predicted molar refractivity (Wildman–Crippen MR) is 227 cm³/mol. The number of carbonyl (C=O) groups is 1. The van der Waals surface area contributed by atoms with Crippen LogP contribution in [0, 0.1) is 11.8 Å². The van der Waals surface area contributed by atoms with Gasteiger partial charge in [0.05, 0.1) is 69.6 Å². The zero-order chi connectivity index (χ0) is 42.6. The highest BCUT2D eigenvalue weighted by atomic mass is 16.7. The Hall–Kier alpha value is -4.05. The maximum Gasteiger partial charge on any atom is 0.217 e. The Kier molecular flexibility index (Phi) is 16.5. The number of aliphatic hydroxyl groups excluding tert-OH is 3. The number of aliphatic hydroxyl groups is 3. The molecule has 0 saturated carbocycles. The number of ether oxygens (including phenoxy) is 7. The Balaban J connectivity index is 1.16. The standard InChI is InChI=1S/C49H61NO11/c1-32-46(56-28-34-15-7-3-8-16-34)48(58-30-36-19-11-5-12-20-36)47(57-29-35-17-9-4-10-18-35)42(60-32)25-38-40(53)23-24-55-41(38)26-39-44(50-33(2)52)49(61-43(27-51)45(39)54)59-31-37-21-13-6-14-22-37/h3-22,32,38-49,51,53-54H,23-31H2,1-2H3,(H,50,52)/t32-,38+,39+,40-,41-,42-,43+,44+,45-,46+,47+,48+,49-/m0/s1. The minimum absolute atomic E-state index is 0.189. The van der Waals surface area contributed by atoms with E-state index in [1.807, 2.05) is 128 Å². The van der Waals surface area contributed by atoms with Crippen molar-refractivity contribution in [1.82, 2.24) is 5.32 Å². The highest BCUT2D eigenvalue weighted by Gasteiger charge is 2.51. The Morgan fingerprint density at radius 3 is 1.61 bits per heavy atom. The fraction of sp³-hybridized carbons (Fsp3) is 0.490. The minimum Gasteiger partial charge on any atom is -0.394 e. The molecule has 4 aromatic rings. The number of amides is 1. The van der Waals surface area contributed by atoms with Crippen LogP contribution in [0.2, 0.25) is 0 Å². The number of hydrogen-bond donors (Lipinski definition) is 4. The van der Waals surface area contributed by atoms with Crippen molar-refractivity contribution >= 4 is 5.91 Å². The van der Waals surface area contributed by atoms with Gasteiger partial charge in [0.2, 0.25) is 5.91 Å². The first-order valence-corrected chi connectivity index (χ1v) is 21.6. The summed E-state index contributed by atoms with van der Waals surface area (Å²) in [7, 11) is 0. The molecule has 0 spiro atoms. The fourth-order valence-electron chi connectivity index (χ4n) is 8.99. The van der Waals surface area contributed by atoms with E-state index in [1.54, 1.807) is 0 Å². The molecule has 0 aliphatic carbocycles. The number of rotatable bonds is 18. The molecule has 4 N–H and O–H groups in total. The summed E-state index contributed by atoms with van der Waals surface area (Å²) in [5, 5.41) is 36.9. The quantitative estimate of drug-likeness (QED) is 0.101. The highest BCUT2D eigenvalue weighted by Crippen LogP contribution is 2.40. The SMILES string of the molecule is CC(=O)N[C@H]1[C@@H](OCc2ccccc2)O[C@H](CO)[C@@H](O)[C@@H]1C[C@@H]1OCC[C@H](O)[C@H]1C[C@@H]1O[C@@H](C)[C@@H](OCc2ccccc2)[C@@H](OCc2ccccc2)[C@@H]1OCc1ccccc1. The van der Waals surface area contributed by atoms with Crippen LogP contribution < -0.4 is 5.32 Å². The summed E-state index contributed by atoms with van der Waals surface area (Å²) in [6.45, 7) is 4.40. The fourth-order valence-corrected chi connectivity index (χ4v) is 8.99. The zero-order valence-electron chi connectivity index (χ0n) is 35.0. The Morgan fingerprint density at radius 2 is 1.10 bits per heavy atom. The Labute approximate surface area is 359 Å². The van der Waals surface area contributed by atoms with Crippen molar-refractivity contribution in [1.29, 1.82) is 0 Å². The first kappa shape index (κ1) is 45.0. The lowest BCUT2D eigenvalue weighted by atomic mass is 9.76. The van der Waals surface area contributed by atoms with Crippen LogP contribution >= 0.6 is 0 Å². The molecule has 3 aliphatic heterocycles. The normalized spacial score (nSPS) is 31.7. The molecule has 3 aliphatic rings. The molecular formula is C49H61NO11. The van der Waals surface area contributed by atoms with Crippen LogP contribution in [0.1, 0.15) is 55.4 Å². The average Bonchev–Trinajstić information content (AvgIpc) is 3.28. The Morgan fingerprint density at radius 1 is 0.623 bits per heavy atom. The van der Waals surface area contributed by atoms with Crippen LogP contribution in [-0.2, 0) is 64.4 Å². The third kappa shape index (κ3) is 12.1. The van der Waals surface area contributed by atoms with E-state index >= 15 is 0 Å². The van der Waals surface area contributed by atoms with Crippen LogP contribution in [0.25, 0.3) is 0 Å². The molecule has 3 fully saturated rings. The van der Waals surface area contributed by atoms with Gasteiger partial charge in [0.25, 0.3) is 0 Å². The predicted octanol–water partition coefficient (Wildman–Crippen LogP) is 5.49. The molecule has 1 amide bonds. The highest BCUT2D eigenvalue weighted by molar-refractivity contribution is 5.73. The molecular weight excluding hydrogens is 779 g/mol. The van der Waals surface area contributed by atoms with Crippen molar-refractivity contribution in [2.24, 2.45) is 11.8 Å². The first-order valence-electron chi connectivity index (χ1n) is 21.6. The van der Waals surface area contributed by atoms with E-state index in [4.69, 9.17) is 33.2 Å². The smallest absolute Gasteiger partial charge is 0.217 e. The summed E-state index contributed by atoms with van der Waals surface area (Å²) in [6.07, 6.45) is -6.14. The van der Waals surface area contributed by atoms with Crippen molar-refractivity contribution in [3.8, 4) is 0 Å². The van der Waals surface area contributed by atoms with E-state index < -0.39 is 85.7 Å². The van der Waals surface area contributed by atoms with Gasteiger partial charge in [-0.15, -0.1) is 0 Å². The zero-order valence-corrected chi connectivity index (χ0v) is 35.0. The minimum atomic E-state index is -1.17. The number of benzene rings is 4. The molecule has 3 saturated heterocycles. The van der Waals surface area contributed by atoms with E-state index in [1.165, 1.54) is 6.92 Å². The third-order valence-electron chi connectivity index (χ3n) is 12.1. The molecule has 13 atom stereocenters. The van der Waals surface area contributed by atoms with Gasteiger partial charge in [-0.25, -0.2) is 0 Å². The second kappa shape index (κ2) is 22.3. The average molecular weight is 840 g/mol. The lowest BCUT2D eigenvalue weighted by Crippen LogP contribution is -2.63. The molecule has 7 rings (SSSR count). The topological polar surface area (TPSA) is 154 Å². The molecule has 61 heavy (non-hydrogen) atoms. The van der Waals surface area contributed by atoms with Gasteiger partial charge in [0, 0.05) is 25.4 Å². The first-order chi connectivity index (χ1) is 29.8. The van der Waals surface area contributed by atoms with Gasteiger partial charge in [0.1, 0.15) is 24.4 Å². The van der Waals surface area contributed by atoms with Crippen LogP contribution in [0.5, 0.6) is 0 Å². The van der Waals surface area contributed by atoms with E-state index in [9.17, 15) is 20.1 Å². The molecule has 12 nitrogen and oxygen atoms in total. The molecule has 328 valence electrons. The molecule has 0 aromatic heterocycles. The number of nitrogens with one attached hydrogen (secondary N) is 1. The van der Waals surface area contributed by atoms with Gasteiger partial charge < -0.3 is 53.8 Å². The molecule has 0 bridgehead atoms. The third-order valence-corrected chi connectivity index (χ3v) is 12.1. The van der Waals surface area contributed by atoms with E-state index in [2.05, 4.69) is 5.32 Å². The van der Waals surface area contributed by atoms with Gasteiger partial charge in [-0.2, -0.15) is 0 Å². The van der Waals surface area contributed by atoms with Crippen LogP contribution in [0.15, 0.2) is 121 Å². The number of hydrogen-bond acceptors (Lipinski definition) is 11. The molecule has 0 unspecified atom stereocenters. The second-order valence-electron chi connectivity index (χ2n) is 16.5. The lowest BCUT2D eigenvalue weighted by molar-refractivity contribution is -0.273. The maximum absolute atomic E-state index is 12.7. The van der Waals surface area contributed by atoms with E-state index in [-0.39, 0.29) is 18.9 Å². The van der Waals surface area contributed by atoms with Crippen molar-refractivity contribution in [3.05, 3.63) is 144 Å². The summed E-state index contributed by atoms with van der Waals surface area (Å²) in [6, 6.07) is 38.7. The van der Waals surface area contributed by atoms with Gasteiger partial charge in [-0.05, 0) is 48.4 Å². The van der Waals surface area contributed by atoms with Crippen molar-refractivity contribution < 1.29 is 53.3 Å². The van der Waals surface area contributed by atoms with Crippen LogP contribution in [0.3, 0.4) is 0 Å². The monoisotopic (exact) mass is 839 g/mol. The summed E-state index contributed by atoms with van der Waals surface area (Å²) >= 11 is 0. The van der Waals surface area contributed by atoms with Crippen LogP contribution in [0.4, 0.5) is 0 Å². The van der Waals surface area contributed by atoms with E-state index in [0.29, 0.717) is 39.3 Å². The molecule has 4 aromatic carbocycles. The van der Waals surface area contributed by atoms with Crippen LogP contribution in [-0.4, -0.2) is 102 Å². The summed E-state index contributed by atoms with van der Waals surface area (Å²) in [5.41, 5.74) is 3.92. The van der Waals surface area contributed by atoms with Gasteiger partial charge in [-0.1, -0.05) is 121 Å². The van der Waals surface area contributed by atoms with Gasteiger partial charge in [0.15, 0.2) is 6.29 Å². The largest absolute Gasteiger partial charge is 0.394 e.